The molecule has 2 saturated heterocycles. The quantitative estimate of drug-likeness (QED) is 0.565. The number of anilines is 1. The zero-order valence-electron chi connectivity index (χ0n) is 16.4. The van der Waals surface area contributed by atoms with Crippen molar-refractivity contribution in [2.45, 2.75) is 25.2 Å². The fourth-order valence-electron chi connectivity index (χ4n) is 4.30. The zero-order valence-corrected chi connectivity index (χ0v) is 17.2. The standard InChI is InChI=1S/C21H20FN5O3S/c22-14-6-3-12(18-19(14)31-21(23)25-18)9-26-10-16-24-8-17(29)27(16)15(20(26)30)7-11-1-4-13(28)5-2-11/h1-6,15-16,24,28H,7-10H2,(H2,23,25)/t15-,16-/m0/s1. The third kappa shape index (κ3) is 3.47. The van der Waals surface area contributed by atoms with E-state index < -0.39 is 11.9 Å². The van der Waals surface area contributed by atoms with Crippen molar-refractivity contribution in [2.75, 3.05) is 18.8 Å². The Hall–Kier alpha value is -3.24. The maximum atomic E-state index is 14.1. The number of hydrogen-bond donors (Lipinski definition) is 3. The van der Waals surface area contributed by atoms with Gasteiger partial charge in [-0.05, 0) is 29.3 Å². The van der Waals surface area contributed by atoms with E-state index >= 15 is 0 Å². The van der Waals surface area contributed by atoms with Crippen LogP contribution in [0.15, 0.2) is 36.4 Å². The number of aromatic nitrogens is 1. The number of phenolic OH excluding ortho intramolecular Hbond substituents is 1. The van der Waals surface area contributed by atoms with Gasteiger partial charge in [-0.25, -0.2) is 9.37 Å². The number of nitrogens with zero attached hydrogens (tertiary/aromatic N) is 3. The van der Waals surface area contributed by atoms with Gasteiger partial charge in [0.1, 0.15) is 23.8 Å². The summed E-state index contributed by atoms with van der Waals surface area (Å²) in [5.41, 5.74) is 7.79. The van der Waals surface area contributed by atoms with Gasteiger partial charge >= 0.3 is 0 Å². The maximum absolute atomic E-state index is 14.1. The van der Waals surface area contributed by atoms with Crippen LogP contribution < -0.4 is 11.1 Å². The largest absolute Gasteiger partial charge is 0.508 e. The number of nitrogens with one attached hydrogen (secondary N) is 1. The summed E-state index contributed by atoms with van der Waals surface area (Å²) < 4.78 is 14.5. The van der Waals surface area contributed by atoms with E-state index in [4.69, 9.17) is 5.73 Å². The Morgan fingerprint density at radius 1 is 1.23 bits per heavy atom. The minimum atomic E-state index is -0.665. The van der Waals surface area contributed by atoms with Crippen molar-refractivity contribution in [3.8, 4) is 5.75 Å². The smallest absolute Gasteiger partial charge is 0.246 e. The summed E-state index contributed by atoms with van der Waals surface area (Å²) in [6.07, 6.45) is 0.0471. The van der Waals surface area contributed by atoms with E-state index in [0.717, 1.165) is 16.9 Å². The third-order valence-corrected chi connectivity index (χ3v) is 6.65. The predicted molar refractivity (Wildman–Crippen MR) is 114 cm³/mol. The molecule has 0 unspecified atom stereocenters. The van der Waals surface area contributed by atoms with Crippen LogP contribution in [-0.2, 0) is 22.6 Å². The molecule has 2 aromatic carbocycles. The van der Waals surface area contributed by atoms with Gasteiger partial charge in [0.25, 0.3) is 0 Å². The molecule has 31 heavy (non-hydrogen) atoms. The summed E-state index contributed by atoms with van der Waals surface area (Å²) in [6, 6.07) is 8.92. The van der Waals surface area contributed by atoms with Crippen molar-refractivity contribution >= 4 is 38.5 Å². The minimum absolute atomic E-state index is 0.113. The van der Waals surface area contributed by atoms with E-state index in [1.165, 1.54) is 6.07 Å². The van der Waals surface area contributed by atoms with Crippen molar-refractivity contribution in [1.29, 1.82) is 0 Å². The highest BCUT2D eigenvalue weighted by molar-refractivity contribution is 7.22. The van der Waals surface area contributed by atoms with E-state index in [-0.39, 0.29) is 42.0 Å². The Bertz CT molecular complexity index is 1180. The molecule has 10 heteroatoms. The molecule has 2 fully saturated rings. The van der Waals surface area contributed by atoms with Crippen LogP contribution in [0, 0.1) is 5.82 Å². The molecule has 2 aliphatic heterocycles. The van der Waals surface area contributed by atoms with Crippen LogP contribution in [-0.4, -0.2) is 57.0 Å². The number of nitrogen functional groups attached to an aromatic ring is 1. The van der Waals surface area contributed by atoms with Gasteiger partial charge in [0.2, 0.25) is 11.8 Å². The number of rotatable bonds is 4. The second kappa shape index (κ2) is 7.47. The average molecular weight is 441 g/mol. The number of thiazole rings is 1. The van der Waals surface area contributed by atoms with E-state index in [9.17, 15) is 19.1 Å². The van der Waals surface area contributed by atoms with Gasteiger partial charge in [-0.2, -0.15) is 0 Å². The number of nitrogens with two attached hydrogens (primary N) is 1. The van der Waals surface area contributed by atoms with Crippen LogP contribution >= 0.6 is 11.3 Å². The molecule has 2 amide bonds. The van der Waals surface area contributed by atoms with Crippen molar-refractivity contribution in [3.63, 3.8) is 0 Å². The molecule has 0 saturated carbocycles. The van der Waals surface area contributed by atoms with Gasteiger partial charge in [0.15, 0.2) is 5.13 Å². The Labute approximate surface area is 181 Å². The lowest BCUT2D eigenvalue weighted by atomic mass is 10.00. The molecular weight excluding hydrogens is 421 g/mol. The SMILES string of the molecule is Nc1nc2c(CN3C[C@H]4NCC(=O)N4[C@@H](Cc4ccc(O)cc4)C3=O)ccc(F)c2s1. The number of carbonyl (C=O) groups excluding carboxylic acids is 2. The first kappa shape index (κ1) is 19.7. The van der Waals surface area contributed by atoms with Crippen LogP contribution in [0.3, 0.4) is 0 Å². The molecule has 0 aliphatic carbocycles. The molecule has 0 radical (unpaired) electrons. The summed E-state index contributed by atoms with van der Waals surface area (Å²) >= 11 is 1.08. The lowest BCUT2D eigenvalue weighted by Crippen LogP contribution is -2.63. The molecule has 0 bridgehead atoms. The Kier molecular flexibility index (Phi) is 4.75. The predicted octanol–water partition coefficient (Wildman–Crippen LogP) is 1.43. The molecule has 2 aliphatic rings. The van der Waals surface area contributed by atoms with E-state index in [1.54, 1.807) is 40.1 Å². The highest BCUT2D eigenvalue weighted by Crippen LogP contribution is 2.31. The lowest BCUT2D eigenvalue weighted by Gasteiger charge is -2.42. The Morgan fingerprint density at radius 3 is 2.77 bits per heavy atom. The Balaban J connectivity index is 1.46. The van der Waals surface area contributed by atoms with Crippen molar-refractivity contribution in [3.05, 3.63) is 53.3 Å². The van der Waals surface area contributed by atoms with Gasteiger partial charge in [0.05, 0.1) is 23.3 Å². The maximum Gasteiger partial charge on any atom is 0.246 e. The fraction of sp³-hybridized carbons (Fsp3) is 0.286. The molecule has 4 N–H and O–H groups in total. The molecule has 3 heterocycles. The van der Waals surface area contributed by atoms with Crippen LogP contribution in [0.2, 0.25) is 0 Å². The van der Waals surface area contributed by atoms with Crippen LogP contribution in [0.4, 0.5) is 9.52 Å². The number of fused-ring (bicyclic) bond motifs is 2. The molecule has 0 spiro atoms. The second-order valence-corrected chi connectivity index (χ2v) is 8.77. The summed E-state index contributed by atoms with van der Waals surface area (Å²) in [7, 11) is 0. The van der Waals surface area contributed by atoms with E-state index in [2.05, 4.69) is 10.3 Å². The molecule has 8 nitrogen and oxygen atoms in total. The number of halogens is 1. The monoisotopic (exact) mass is 441 g/mol. The number of hydrogen-bond acceptors (Lipinski definition) is 7. The molecule has 160 valence electrons. The lowest BCUT2D eigenvalue weighted by molar-refractivity contribution is -0.152. The molecule has 1 aromatic heterocycles. The number of aromatic hydroxyl groups is 1. The summed E-state index contributed by atoms with van der Waals surface area (Å²) in [6.45, 7) is 0.751. The van der Waals surface area contributed by atoms with Crippen molar-refractivity contribution in [1.82, 2.24) is 20.1 Å². The minimum Gasteiger partial charge on any atom is -0.508 e. The molecule has 2 atom stereocenters. The fourth-order valence-corrected chi connectivity index (χ4v) is 5.09. The first-order chi connectivity index (χ1) is 14.9. The van der Waals surface area contributed by atoms with Gasteiger partial charge in [-0.3, -0.25) is 14.9 Å². The van der Waals surface area contributed by atoms with Gasteiger partial charge in [0, 0.05) is 13.0 Å². The number of carbonyl (C=O) groups is 2. The van der Waals surface area contributed by atoms with Gasteiger partial charge in [-0.15, -0.1) is 0 Å². The first-order valence-electron chi connectivity index (χ1n) is 9.85. The number of phenols is 1. The van der Waals surface area contributed by atoms with Crippen LogP contribution in [0.25, 0.3) is 10.2 Å². The summed E-state index contributed by atoms with van der Waals surface area (Å²) in [4.78, 5) is 33.5. The first-order valence-corrected chi connectivity index (χ1v) is 10.7. The third-order valence-electron chi connectivity index (χ3n) is 5.76. The van der Waals surface area contributed by atoms with E-state index in [1.807, 2.05) is 0 Å². The number of piperazine rings is 1. The summed E-state index contributed by atoms with van der Waals surface area (Å²) in [5.74, 6) is -0.544. The van der Waals surface area contributed by atoms with Crippen molar-refractivity contribution in [2.24, 2.45) is 0 Å². The molecule has 3 aromatic rings. The summed E-state index contributed by atoms with van der Waals surface area (Å²) in [5, 5.41) is 13.0. The van der Waals surface area contributed by atoms with Gasteiger partial charge in [-0.1, -0.05) is 29.5 Å². The zero-order chi connectivity index (χ0) is 21.7. The van der Waals surface area contributed by atoms with Crippen LogP contribution in [0.5, 0.6) is 5.75 Å². The van der Waals surface area contributed by atoms with Crippen LogP contribution in [0.1, 0.15) is 11.1 Å². The highest BCUT2D eigenvalue weighted by Gasteiger charge is 2.46. The number of amides is 2. The second-order valence-electron chi connectivity index (χ2n) is 7.74. The average Bonchev–Trinajstić information content (AvgIpc) is 3.32. The highest BCUT2D eigenvalue weighted by atomic mass is 32.1. The molecule has 5 rings (SSSR count). The Morgan fingerprint density at radius 2 is 2.00 bits per heavy atom. The number of benzene rings is 2. The molecular formula is C21H20FN5O3S. The topological polar surface area (TPSA) is 112 Å². The van der Waals surface area contributed by atoms with Crippen molar-refractivity contribution < 1.29 is 19.1 Å². The van der Waals surface area contributed by atoms with E-state index in [0.29, 0.717) is 28.7 Å². The van der Waals surface area contributed by atoms with Gasteiger partial charge < -0.3 is 20.6 Å². The normalized spacial score (nSPS) is 21.2.